The fourth-order valence-corrected chi connectivity index (χ4v) is 6.34. The molecule has 3 aliphatic rings. The van der Waals surface area contributed by atoms with E-state index < -0.39 is 23.6 Å². The van der Waals surface area contributed by atoms with E-state index in [2.05, 4.69) is 22.1 Å². The molecule has 1 spiro atoms. The van der Waals surface area contributed by atoms with Crippen molar-refractivity contribution in [1.82, 2.24) is 15.1 Å². The summed E-state index contributed by atoms with van der Waals surface area (Å²) in [5, 5.41) is 14.0. The maximum absolute atomic E-state index is 13.7. The lowest BCUT2D eigenvalue weighted by molar-refractivity contribution is -0.164. The number of nitrogens with zero attached hydrogens (tertiary/aromatic N) is 2. The van der Waals surface area contributed by atoms with Crippen LogP contribution in [0.5, 0.6) is 0 Å². The van der Waals surface area contributed by atoms with Gasteiger partial charge in [0.15, 0.2) is 0 Å². The molecular weight excluding hydrogens is 508 g/mol. The van der Waals surface area contributed by atoms with E-state index in [1.165, 1.54) is 0 Å². The number of ether oxygens (including phenoxy) is 1. The van der Waals surface area contributed by atoms with Crippen molar-refractivity contribution in [3.05, 3.63) is 35.4 Å². The van der Waals surface area contributed by atoms with Gasteiger partial charge in [-0.1, -0.05) is 37.3 Å². The van der Waals surface area contributed by atoms with Gasteiger partial charge in [0.1, 0.15) is 11.6 Å². The third-order valence-corrected chi connectivity index (χ3v) is 8.85. The number of unbranched alkanes of at least 4 members (excludes halogenated alkanes) is 1. The normalized spacial score (nSPS) is 22.4. The first-order valence-corrected chi connectivity index (χ1v) is 14.7. The van der Waals surface area contributed by atoms with Crippen LogP contribution in [0.1, 0.15) is 80.6 Å². The van der Waals surface area contributed by atoms with E-state index in [1.807, 2.05) is 12.1 Å². The summed E-state index contributed by atoms with van der Waals surface area (Å²) in [5.74, 6) is 5.14. The highest BCUT2D eigenvalue weighted by Crippen LogP contribution is 2.35. The number of hydrogen-bond donors (Lipinski definition) is 3. The summed E-state index contributed by atoms with van der Waals surface area (Å²) in [6, 6.07) is 6.23. The Bertz CT molecular complexity index is 1080. The first-order chi connectivity index (χ1) is 19.4. The van der Waals surface area contributed by atoms with Gasteiger partial charge in [-0.25, -0.2) is 0 Å². The zero-order valence-corrected chi connectivity index (χ0v) is 23.7. The van der Waals surface area contributed by atoms with Gasteiger partial charge in [0.05, 0.1) is 19.3 Å². The number of carbonyl (C=O) groups excluding carboxylic acids is 3. The molecule has 2 atom stereocenters. The van der Waals surface area contributed by atoms with Gasteiger partial charge < -0.3 is 30.7 Å². The Hall–Kier alpha value is -2.93. The Morgan fingerprint density at radius 2 is 1.85 bits per heavy atom. The maximum Gasteiger partial charge on any atom is 0.249 e. The Balaban J connectivity index is 1.25. The van der Waals surface area contributed by atoms with E-state index in [0.29, 0.717) is 31.6 Å². The van der Waals surface area contributed by atoms with E-state index >= 15 is 0 Å². The fourth-order valence-electron chi connectivity index (χ4n) is 6.34. The van der Waals surface area contributed by atoms with E-state index in [1.54, 1.807) is 24.0 Å². The van der Waals surface area contributed by atoms with Crippen molar-refractivity contribution in [3.63, 3.8) is 0 Å². The van der Waals surface area contributed by atoms with Gasteiger partial charge in [-0.2, -0.15) is 0 Å². The fraction of sp³-hybridized carbons (Fsp3) is 0.645. The number of carbonyl (C=O) groups is 3. The molecule has 40 heavy (non-hydrogen) atoms. The summed E-state index contributed by atoms with van der Waals surface area (Å²) < 4.78 is 5.78. The lowest BCUT2D eigenvalue weighted by Crippen LogP contribution is -2.75. The quantitative estimate of drug-likeness (QED) is 0.286. The topological polar surface area (TPSA) is 125 Å². The summed E-state index contributed by atoms with van der Waals surface area (Å²) in [5.41, 5.74) is 5.85. The molecule has 2 unspecified atom stereocenters. The predicted octanol–water partition coefficient (Wildman–Crippen LogP) is 2.21. The number of aliphatic hydroxyl groups excluding tert-OH is 1. The standard InChI is InChI=1S/C31H44N4O5/c1-2-3-18-35-29(38)26(27(36)24-9-5-4-6-10-24)33-30(39)31(35)15-19-34(20-16-31)17-7-8-21-40-22-23-11-13-25(14-12-23)28(32)37/h11-14,24,26-27,36H,4-10,15-22H2,1H3,(H2,32,37)(H,33,39). The zero-order valence-electron chi connectivity index (χ0n) is 23.7. The van der Waals surface area contributed by atoms with Gasteiger partial charge >= 0.3 is 0 Å². The minimum atomic E-state index is -0.909. The number of piperazine rings is 1. The molecule has 1 saturated carbocycles. The number of hydrogen-bond acceptors (Lipinski definition) is 6. The van der Waals surface area contributed by atoms with E-state index in [-0.39, 0.29) is 24.3 Å². The van der Waals surface area contributed by atoms with Crippen LogP contribution in [-0.4, -0.2) is 83.1 Å². The Labute approximate surface area is 237 Å². The van der Waals surface area contributed by atoms with Gasteiger partial charge in [-0.15, -0.1) is 5.92 Å². The summed E-state index contributed by atoms with van der Waals surface area (Å²) in [7, 11) is 0. The van der Waals surface area contributed by atoms with Crippen molar-refractivity contribution in [2.24, 2.45) is 11.7 Å². The molecular formula is C31H44N4O5. The molecule has 2 aliphatic heterocycles. The molecule has 0 aromatic heterocycles. The van der Waals surface area contributed by atoms with Crippen LogP contribution in [0.4, 0.5) is 0 Å². The summed E-state index contributed by atoms with van der Waals surface area (Å²) in [4.78, 5) is 42.4. The number of nitrogens with two attached hydrogens (primary N) is 1. The summed E-state index contributed by atoms with van der Waals surface area (Å²) in [6.07, 6.45) is 7.20. The van der Waals surface area contributed by atoms with Crippen LogP contribution in [0.15, 0.2) is 24.3 Å². The number of rotatable bonds is 11. The van der Waals surface area contributed by atoms with Crippen LogP contribution in [-0.2, 0) is 20.9 Å². The minimum Gasteiger partial charge on any atom is -0.390 e. The molecule has 3 amide bonds. The molecule has 4 N–H and O–H groups in total. The monoisotopic (exact) mass is 552 g/mol. The van der Waals surface area contributed by atoms with E-state index in [4.69, 9.17) is 10.5 Å². The second-order valence-electron chi connectivity index (χ2n) is 11.4. The van der Waals surface area contributed by atoms with Crippen LogP contribution in [0.3, 0.4) is 0 Å². The van der Waals surface area contributed by atoms with E-state index in [0.717, 1.165) is 70.1 Å². The van der Waals surface area contributed by atoms with Crippen LogP contribution in [0.2, 0.25) is 0 Å². The Kier molecular flexibility index (Phi) is 10.6. The van der Waals surface area contributed by atoms with Gasteiger partial charge in [0.25, 0.3) is 0 Å². The molecule has 0 radical (unpaired) electrons. The highest BCUT2D eigenvalue weighted by Gasteiger charge is 2.55. The average Bonchev–Trinajstić information content (AvgIpc) is 2.98. The molecule has 218 valence electrons. The molecule has 1 aromatic carbocycles. The number of aliphatic hydroxyl groups is 1. The number of primary amides is 1. The molecule has 9 heteroatoms. The molecule has 1 aliphatic carbocycles. The Morgan fingerprint density at radius 3 is 2.50 bits per heavy atom. The van der Waals surface area contributed by atoms with Crippen molar-refractivity contribution < 1.29 is 24.2 Å². The van der Waals surface area contributed by atoms with Gasteiger partial charge in [0, 0.05) is 25.3 Å². The van der Waals surface area contributed by atoms with Gasteiger partial charge in [-0.05, 0) is 75.6 Å². The van der Waals surface area contributed by atoms with E-state index in [9.17, 15) is 19.5 Å². The van der Waals surface area contributed by atoms with Crippen molar-refractivity contribution in [1.29, 1.82) is 0 Å². The first-order valence-electron chi connectivity index (χ1n) is 14.7. The third-order valence-electron chi connectivity index (χ3n) is 8.85. The summed E-state index contributed by atoms with van der Waals surface area (Å²) >= 11 is 0. The lowest BCUT2D eigenvalue weighted by Gasteiger charge is -2.52. The van der Waals surface area contributed by atoms with Gasteiger partial charge in [0.2, 0.25) is 17.7 Å². The van der Waals surface area contributed by atoms with Crippen LogP contribution >= 0.6 is 0 Å². The number of likely N-dealkylation sites (tertiary alicyclic amines) is 1. The number of nitrogens with one attached hydrogen (secondary N) is 1. The number of amides is 3. The largest absolute Gasteiger partial charge is 0.390 e. The molecule has 9 nitrogen and oxygen atoms in total. The van der Waals surface area contributed by atoms with Gasteiger partial charge in [-0.3, -0.25) is 14.4 Å². The second-order valence-corrected chi connectivity index (χ2v) is 11.4. The first kappa shape index (κ1) is 30.0. The van der Waals surface area contributed by atoms with Crippen molar-refractivity contribution in [2.75, 3.05) is 32.8 Å². The van der Waals surface area contributed by atoms with Crippen LogP contribution in [0, 0.1) is 17.8 Å². The average molecular weight is 553 g/mol. The molecule has 2 heterocycles. The van der Waals surface area contributed by atoms with Crippen molar-refractivity contribution >= 4 is 17.7 Å². The molecule has 4 rings (SSSR count). The minimum absolute atomic E-state index is 0.0457. The smallest absolute Gasteiger partial charge is 0.249 e. The number of piperidine rings is 1. The number of benzene rings is 1. The van der Waals surface area contributed by atoms with Crippen LogP contribution in [0.25, 0.3) is 0 Å². The Morgan fingerprint density at radius 1 is 1.15 bits per heavy atom. The third kappa shape index (κ3) is 7.03. The predicted molar refractivity (Wildman–Crippen MR) is 152 cm³/mol. The molecule has 0 bridgehead atoms. The highest BCUT2D eigenvalue weighted by molar-refractivity contribution is 6.00. The van der Waals surface area contributed by atoms with Crippen molar-refractivity contribution in [2.45, 2.75) is 89.0 Å². The SMILES string of the molecule is CC#CCN1C(=O)C(C(O)C2CCCCC2)NC(=O)C12CCN(CCCCOCc1ccc(C(N)=O)cc1)CC2. The zero-order chi connectivity index (χ0) is 28.5. The highest BCUT2D eigenvalue weighted by atomic mass is 16.5. The molecule has 1 aromatic rings. The second kappa shape index (κ2) is 14.1. The molecule has 2 saturated heterocycles. The summed E-state index contributed by atoms with van der Waals surface area (Å²) in [6.45, 7) is 5.42. The molecule has 3 fully saturated rings. The maximum atomic E-state index is 13.7. The lowest BCUT2D eigenvalue weighted by atomic mass is 9.78. The van der Waals surface area contributed by atoms with Crippen molar-refractivity contribution in [3.8, 4) is 11.8 Å². The van der Waals surface area contributed by atoms with Crippen LogP contribution < -0.4 is 11.1 Å².